The third kappa shape index (κ3) is 6.60. The Kier molecular flexibility index (Phi) is 9.54. The first kappa shape index (κ1) is 28.4. The molecule has 2 aromatic rings. The SMILES string of the molecule is CC#CC(O)Oc1cc(C2CCC(c3cc(OC)c(OC)c(OC)c3)O2)cc(S(C)(=O)=O)c1OCCC. The summed E-state index contributed by atoms with van der Waals surface area (Å²) in [6.45, 7) is 3.74. The number of sulfone groups is 1. The number of hydrogen-bond donors (Lipinski definition) is 1. The molecule has 0 bridgehead atoms. The van der Waals surface area contributed by atoms with Gasteiger partial charge in [0.2, 0.25) is 5.75 Å². The second-order valence-corrected chi connectivity index (χ2v) is 10.5. The van der Waals surface area contributed by atoms with Crippen molar-refractivity contribution in [1.82, 2.24) is 0 Å². The van der Waals surface area contributed by atoms with Crippen molar-refractivity contribution in [2.24, 2.45) is 0 Å². The fourth-order valence-corrected chi connectivity index (χ4v) is 5.03. The molecule has 3 rings (SSSR count). The smallest absolute Gasteiger partial charge is 0.262 e. The van der Waals surface area contributed by atoms with Gasteiger partial charge in [-0.05, 0) is 67.5 Å². The fraction of sp³-hybridized carbons (Fsp3) is 0.481. The van der Waals surface area contributed by atoms with Crippen LogP contribution < -0.4 is 23.7 Å². The van der Waals surface area contributed by atoms with Gasteiger partial charge in [-0.25, -0.2) is 8.42 Å². The lowest BCUT2D eigenvalue weighted by molar-refractivity contribution is 0.0281. The van der Waals surface area contributed by atoms with Crippen molar-refractivity contribution in [3.8, 4) is 40.6 Å². The van der Waals surface area contributed by atoms with Crippen LogP contribution in [0.5, 0.6) is 28.7 Å². The Hall–Kier alpha value is -3.13. The topological polar surface area (TPSA) is 110 Å². The molecule has 1 fully saturated rings. The van der Waals surface area contributed by atoms with E-state index in [-0.39, 0.29) is 29.1 Å². The monoisotopic (exact) mass is 534 g/mol. The summed E-state index contributed by atoms with van der Waals surface area (Å²) in [5, 5.41) is 10.2. The average Bonchev–Trinajstić information content (AvgIpc) is 3.36. The summed E-state index contributed by atoms with van der Waals surface area (Å²) in [6.07, 6.45) is 0.879. The molecule has 1 N–H and O–H groups in total. The molecule has 9 nitrogen and oxygen atoms in total. The third-order valence-electron chi connectivity index (χ3n) is 5.85. The lowest BCUT2D eigenvalue weighted by Crippen LogP contribution is -2.16. The van der Waals surface area contributed by atoms with Gasteiger partial charge in [0.1, 0.15) is 4.90 Å². The predicted octanol–water partition coefficient (Wildman–Crippen LogP) is 4.22. The Morgan fingerprint density at radius 2 is 1.54 bits per heavy atom. The normalized spacial score (nSPS) is 17.9. The van der Waals surface area contributed by atoms with Crippen molar-refractivity contribution >= 4 is 9.84 Å². The maximum atomic E-state index is 12.7. The van der Waals surface area contributed by atoms with Crippen LogP contribution in [0, 0.1) is 11.8 Å². The highest BCUT2D eigenvalue weighted by Crippen LogP contribution is 2.48. The Balaban J connectivity index is 2.02. The van der Waals surface area contributed by atoms with Crippen LogP contribution in [0.3, 0.4) is 0 Å². The van der Waals surface area contributed by atoms with E-state index in [9.17, 15) is 13.5 Å². The van der Waals surface area contributed by atoms with E-state index in [0.717, 1.165) is 11.8 Å². The number of hydrogen-bond acceptors (Lipinski definition) is 9. The van der Waals surface area contributed by atoms with E-state index in [1.165, 1.54) is 7.11 Å². The minimum Gasteiger partial charge on any atom is -0.493 e. The van der Waals surface area contributed by atoms with E-state index < -0.39 is 22.2 Å². The fourth-order valence-electron chi connectivity index (χ4n) is 4.18. The van der Waals surface area contributed by atoms with Crippen LogP contribution >= 0.6 is 0 Å². The second kappa shape index (κ2) is 12.4. The first-order valence-electron chi connectivity index (χ1n) is 11.9. The van der Waals surface area contributed by atoms with E-state index in [2.05, 4.69) is 11.8 Å². The van der Waals surface area contributed by atoms with Gasteiger partial charge in [-0.3, -0.25) is 0 Å². The predicted molar refractivity (Wildman–Crippen MR) is 137 cm³/mol. The molecule has 3 atom stereocenters. The summed E-state index contributed by atoms with van der Waals surface area (Å²) in [4.78, 5) is -0.0371. The number of methoxy groups -OCH3 is 3. The molecule has 2 aromatic carbocycles. The highest BCUT2D eigenvalue weighted by atomic mass is 32.2. The lowest BCUT2D eigenvalue weighted by Gasteiger charge is -2.21. The Labute approximate surface area is 218 Å². The first-order chi connectivity index (χ1) is 17.7. The molecule has 3 unspecified atom stereocenters. The molecular weight excluding hydrogens is 500 g/mol. The molecular formula is C27H34O9S. The molecule has 0 aliphatic carbocycles. The Morgan fingerprint density at radius 3 is 2.03 bits per heavy atom. The summed E-state index contributed by atoms with van der Waals surface area (Å²) < 4.78 is 59.5. The quantitative estimate of drug-likeness (QED) is 0.335. The van der Waals surface area contributed by atoms with E-state index in [4.69, 9.17) is 28.4 Å². The maximum absolute atomic E-state index is 12.7. The summed E-state index contributed by atoms with van der Waals surface area (Å²) in [5.41, 5.74) is 1.43. The molecule has 0 saturated carbocycles. The van der Waals surface area contributed by atoms with E-state index in [1.807, 2.05) is 19.1 Å². The minimum absolute atomic E-state index is 0.0371. The van der Waals surface area contributed by atoms with E-state index >= 15 is 0 Å². The molecule has 0 aromatic heterocycles. The van der Waals surface area contributed by atoms with Crippen LogP contribution in [0.4, 0.5) is 0 Å². The van der Waals surface area contributed by atoms with Gasteiger partial charge in [0, 0.05) is 6.26 Å². The largest absolute Gasteiger partial charge is 0.493 e. The van der Waals surface area contributed by atoms with Crippen molar-refractivity contribution in [3.05, 3.63) is 35.4 Å². The highest BCUT2D eigenvalue weighted by molar-refractivity contribution is 7.90. The number of rotatable bonds is 11. The van der Waals surface area contributed by atoms with Gasteiger partial charge in [-0.1, -0.05) is 6.92 Å². The lowest BCUT2D eigenvalue weighted by atomic mass is 10.0. The molecule has 1 aliphatic rings. The summed E-state index contributed by atoms with van der Waals surface area (Å²) in [6, 6.07) is 6.87. The number of benzene rings is 2. The van der Waals surface area contributed by atoms with Crippen LogP contribution in [0.1, 0.15) is 56.4 Å². The van der Waals surface area contributed by atoms with Crippen molar-refractivity contribution in [3.63, 3.8) is 0 Å². The highest BCUT2D eigenvalue weighted by Gasteiger charge is 2.32. The van der Waals surface area contributed by atoms with Gasteiger partial charge < -0.3 is 33.5 Å². The molecule has 1 saturated heterocycles. The van der Waals surface area contributed by atoms with Crippen LogP contribution in [0.25, 0.3) is 0 Å². The van der Waals surface area contributed by atoms with Gasteiger partial charge in [-0.2, -0.15) is 0 Å². The molecule has 37 heavy (non-hydrogen) atoms. The zero-order valence-electron chi connectivity index (χ0n) is 22.0. The summed E-state index contributed by atoms with van der Waals surface area (Å²) in [5.74, 6) is 6.72. The Morgan fingerprint density at radius 1 is 0.973 bits per heavy atom. The average molecular weight is 535 g/mol. The number of ether oxygens (including phenoxy) is 6. The van der Waals surface area contributed by atoms with Gasteiger partial charge in [0.05, 0.1) is 40.1 Å². The van der Waals surface area contributed by atoms with Crippen LogP contribution in [0.2, 0.25) is 0 Å². The molecule has 0 spiro atoms. The Bertz CT molecular complexity index is 1240. The first-order valence-corrected chi connectivity index (χ1v) is 13.8. The van der Waals surface area contributed by atoms with Crippen molar-refractivity contribution in [2.75, 3.05) is 34.2 Å². The van der Waals surface area contributed by atoms with E-state index in [0.29, 0.717) is 42.1 Å². The molecule has 1 aliphatic heterocycles. The molecule has 0 radical (unpaired) electrons. The second-order valence-electron chi connectivity index (χ2n) is 8.48. The van der Waals surface area contributed by atoms with Gasteiger partial charge in [0.15, 0.2) is 32.8 Å². The molecule has 1 heterocycles. The van der Waals surface area contributed by atoms with E-state index in [1.54, 1.807) is 33.3 Å². The van der Waals surface area contributed by atoms with Crippen LogP contribution in [-0.2, 0) is 14.6 Å². The van der Waals surface area contributed by atoms with Crippen LogP contribution in [0.15, 0.2) is 29.2 Å². The number of aliphatic hydroxyl groups excluding tert-OH is 1. The zero-order chi connectivity index (χ0) is 27.2. The van der Waals surface area contributed by atoms with Gasteiger partial charge in [-0.15, -0.1) is 5.92 Å². The standard InChI is InChI=1S/C27H34O9S/c1-7-9-25(28)36-23-15-18(16-24(37(6,29)30)27(23)34-12-8-2)20-11-10-19(35-20)17-13-21(31-3)26(33-5)22(14-17)32-4/h13-16,19-20,25,28H,8,10-12H2,1-6H3. The van der Waals surface area contributed by atoms with Crippen LogP contribution in [-0.4, -0.2) is 54.0 Å². The summed E-state index contributed by atoms with van der Waals surface area (Å²) in [7, 11) is 0.934. The zero-order valence-corrected chi connectivity index (χ0v) is 22.8. The van der Waals surface area contributed by atoms with Gasteiger partial charge >= 0.3 is 0 Å². The van der Waals surface area contributed by atoms with Crippen molar-refractivity contribution in [2.45, 2.75) is 56.5 Å². The van der Waals surface area contributed by atoms with Crippen molar-refractivity contribution < 1.29 is 41.9 Å². The molecule has 10 heteroatoms. The third-order valence-corrected chi connectivity index (χ3v) is 6.95. The summed E-state index contributed by atoms with van der Waals surface area (Å²) >= 11 is 0. The molecule has 0 amide bonds. The molecule has 202 valence electrons. The minimum atomic E-state index is -3.70. The number of aliphatic hydroxyl groups is 1. The van der Waals surface area contributed by atoms with Crippen molar-refractivity contribution in [1.29, 1.82) is 0 Å². The van der Waals surface area contributed by atoms with Gasteiger partial charge in [0.25, 0.3) is 6.29 Å². The maximum Gasteiger partial charge on any atom is 0.262 e.